The lowest BCUT2D eigenvalue weighted by molar-refractivity contribution is -0.126. The fourth-order valence-electron chi connectivity index (χ4n) is 5.82. The number of amides is 1. The van der Waals surface area contributed by atoms with E-state index in [4.69, 9.17) is 0 Å². The molecule has 5 heteroatoms. The second-order valence-electron chi connectivity index (χ2n) is 9.09. The summed E-state index contributed by atoms with van der Waals surface area (Å²) in [7, 11) is 1.50. The van der Waals surface area contributed by atoms with Gasteiger partial charge in [-0.05, 0) is 44.4 Å². The highest BCUT2D eigenvalue weighted by molar-refractivity contribution is 6.26. The lowest BCUT2D eigenvalue weighted by Gasteiger charge is -2.52. The van der Waals surface area contributed by atoms with Gasteiger partial charge in [-0.25, -0.2) is 0 Å². The molecular weight excluding hydrogens is 354 g/mol. The standard InChI is InChI=1S/C23H33NO4/c1-6-7-16-14(3)11-15-10-13(2)8-9-17(15)23(16,4)21(27)19-20(26)18(12-25)24(5)22(19)28/h6-7,11,13,15-18,25,27H,8-10,12H2,1-5H3/b7-6+,21-19+/t13-,15+,16-,17-,18-,23-/m1/s1. The summed E-state index contributed by atoms with van der Waals surface area (Å²) in [6.45, 7) is 7.87. The Balaban J connectivity index is 2.19. The monoisotopic (exact) mass is 387 g/mol. The second kappa shape index (κ2) is 7.51. The quantitative estimate of drug-likeness (QED) is 0.337. The van der Waals surface area contributed by atoms with Crippen LogP contribution in [0.3, 0.4) is 0 Å². The third kappa shape index (κ3) is 2.95. The molecule has 2 N–H and O–H groups in total. The third-order valence-corrected chi connectivity index (χ3v) is 7.40. The van der Waals surface area contributed by atoms with E-state index in [9.17, 15) is 19.8 Å². The average molecular weight is 388 g/mol. The lowest BCUT2D eigenvalue weighted by Crippen LogP contribution is -2.46. The van der Waals surface area contributed by atoms with Gasteiger partial charge >= 0.3 is 0 Å². The molecule has 1 aliphatic heterocycles. The summed E-state index contributed by atoms with van der Waals surface area (Å²) in [4.78, 5) is 26.9. The average Bonchev–Trinajstić information content (AvgIpc) is 2.86. The van der Waals surface area contributed by atoms with Crippen LogP contribution in [0.25, 0.3) is 0 Å². The van der Waals surface area contributed by atoms with Crippen LogP contribution in [0.15, 0.2) is 35.1 Å². The van der Waals surface area contributed by atoms with Crippen LogP contribution in [-0.4, -0.2) is 46.5 Å². The highest BCUT2D eigenvalue weighted by Gasteiger charge is 2.55. The highest BCUT2D eigenvalue weighted by atomic mass is 16.3. The Hall–Kier alpha value is -1.88. The van der Waals surface area contributed by atoms with Gasteiger partial charge in [-0.3, -0.25) is 9.59 Å². The number of allylic oxidation sites excluding steroid dienone is 5. The van der Waals surface area contributed by atoms with E-state index in [0.717, 1.165) is 19.3 Å². The van der Waals surface area contributed by atoms with Crippen LogP contribution in [-0.2, 0) is 9.59 Å². The summed E-state index contributed by atoms with van der Waals surface area (Å²) in [6.07, 6.45) is 9.49. The molecule has 1 saturated carbocycles. The second-order valence-corrected chi connectivity index (χ2v) is 9.09. The molecule has 0 radical (unpaired) electrons. The van der Waals surface area contributed by atoms with Gasteiger partial charge in [-0.15, -0.1) is 0 Å². The Kier molecular flexibility index (Phi) is 5.59. The van der Waals surface area contributed by atoms with E-state index in [1.54, 1.807) is 0 Å². The Labute approximate surface area is 167 Å². The van der Waals surface area contributed by atoms with Gasteiger partial charge in [0.2, 0.25) is 0 Å². The maximum Gasteiger partial charge on any atom is 0.261 e. The Morgan fingerprint density at radius 1 is 1.36 bits per heavy atom. The van der Waals surface area contributed by atoms with E-state index in [-0.39, 0.29) is 23.2 Å². The number of rotatable bonds is 3. The minimum absolute atomic E-state index is 0.0706. The first-order valence-corrected chi connectivity index (χ1v) is 10.3. The zero-order valence-electron chi connectivity index (χ0n) is 17.6. The Morgan fingerprint density at radius 2 is 2.04 bits per heavy atom. The summed E-state index contributed by atoms with van der Waals surface area (Å²) in [5.74, 6) is -0.00149. The Morgan fingerprint density at radius 3 is 2.61 bits per heavy atom. The van der Waals surface area contributed by atoms with Crippen LogP contribution in [0.1, 0.15) is 47.0 Å². The first-order valence-electron chi connectivity index (χ1n) is 10.3. The molecular formula is C23H33NO4. The summed E-state index contributed by atoms with van der Waals surface area (Å²) in [6, 6.07) is -0.907. The molecule has 3 rings (SSSR count). The van der Waals surface area contributed by atoms with Gasteiger partial charge in [0.25, 0.3) is 5.91 Å². The molecule has 28 heavy (non-hydrogen) atoms. The summed E-state index contributed by atoms with van der Waals surface area (Å²) in [5.41, 5.74) is 0.320. The predicted octanol–water partition coefficient (Wildman–Crippen LogP) is 3.41. The van der Waals surface area contributed by atoms with Crippen molar-refractivity contribution in [2.24, 2.45) is 29.1 Å². The number of likely N-dealkylation sites (N-methyl/N-ethyl adjacent to an activating group) is 1. The minimum Gasteiger partial charge on any atom is -0.511 e. The lowest BCUT2D eigenvalue weighted by atomic mass is 9.52. The number of aliphatic hydroxyl groups is 2. The predicted molar refractivity (Wildman–Crippen MR) is 108 cm³/mol. The number of nitrogens with zero attached hydrogens (tertiary/aromatic N) is 1. The van der Waals surface area contributed by atoms with Gasteiger partial charge in [0.15, 0.2) is 5.78 Å². The van der Waals surface area contributed by atoms with Crippen LogP contribution in [0.5, 0.6) is 0 Å². The first kappa shape index (κ1) is 20.8. The zero-order valence-corrected chi connectivity index (χ0v) is 17.6. The van der Waals surface area contributed by atoms with Crippen molar-refractivity contribution in [3.05, 3.63) is 35.1 Å². The van der Waals surface area contributed by atoms with Crippen LogP contribution in [0, 0.1) is 29.1 Å². The molecule has 154 valence electrons. The number of likely N-dealkylation sites (tertiary alicyclic amines) is 1. The van der Waals surface area contributed by atoms with Crippen LogP contribution < -0.4 is 0 Å². The molecule has 1 heterocycles. The molecule has 1 amide bonds. The first-order chi connectivity index (χ1) is 13.2. The molecule has 5 nitrogen and oxygen atoms in total. The van der Waals surface area contributed by atoms with Gasteiger partial charge in [0, 0.05) is 18.4 Å². The van der Waals surface area contributed by atoms with Gasteiger partial charge in [-0.1, -0.05) is 44.1 Å². The molecule has 2 aliphatic carbocycles. The van der Waals surface area contributed by atoms with Gasteiger partial charge in [-0.2, -0.15) is 0 Å². The SMILES string of the molecule is C/C=C/[C@@H]1C(C)=C[C@@H]2C[C@H](C)CC[C@H]2[C@]1(C)/C(O)=C1/C(=O)[C@@H](CO)N(C)C1=O. The molecule has 0 bridgehead atoms. The molecule has 1 saturated heterocycles. The summed E-state index contributed by atoms with van der Waals surface area (Å²) < 4.78 is 0. The molecule has 0 unspecified atom stereocenters. The van der Waals surface area contributed by atoms with Gasteiger partial charge in [0.1, 0.15) is 17.4 Å². The molecule has 2 fully saturated rings. The molecule has 0 aromatic heterocycles. The van der Waals surface area contributed by atoms with Crippen molar-refractivity contribution in [3.8, 4) is 0 Å². The fraction of sp³-hybridized carbons (Fsp3) is 0.652. The number of fused-ring (bicyclic) bond motifs is 1. The van der Waals surface area contributed by atoms with E-state index in [1.165, 1.54) is 17.5 Å². The summed E-state index contributed by atoms with van der Waals surface area (Å²) in [5, 5.41) is 21.0. The number of hydrogen-bond donors (Lipinski definition) is 2. The normalized spacial score (nSPS) is 40.7. The number of Topliss-reactive ketones (excluding diaryl/α,β-unsaturated/α-hetero) is 1. The maximum atomic E-state index is 12.9. The molecule has 0 aromatic carbocycles. The molecule has 0 spiro atoms. The zero-order chi connectivity index (χ0) is 20.8. The van der Waals surface area contributed by atoms with Crippen molar-refractivity contribution >= 4 is 11.7 Å². The number of carbonyl (C=O) groups is 2. The van der Waals surface area contributed by atoms with Crippen molar-refractivity contribution in [1.82, 2.24) is 4.90 Å². The third-order valence-electron chi connectivity index (χ3n) is 7.40. The van der Waals surface area contributed by atoms with E-state index < -0.39 is 29.8 Å². The molecule has 6 atom stereocenters. The van der Waals surface area contributed by atoms with E-state index >= 15 is 0 Å². The summed E-state index contributed by atoms with van der Waals surface area (Å²) >= 11 is 0. The van der Waals surface area contributed by atoms with E-state index in [1.807, 2.05) is 19.9 Å². The topological polar surface area (TPSA) is 77.8 Å². The van der Waals surface area contributed by atoms with Crippen LogP contribution in [0.4, 0.5) is 0 Å². The van der Waals surface area contributed by atoms with E-state index in [2.05, 4.69) is 26.0 Å². The number of carbonyl (C=O) groups excluding carboxylic acids is 2. The largest absolute Gasteiger partial charge is 0.511 e. The van der Waals surface area contributed by atoms with Gasteiger partial charge < -0.3 is 15.1 Å². The Bertz CT molecular complexity index is 765. The van der Waals surface area contributed by atoms with Crippen LogP contribution >= 0.6 is 0 Å². The van der Waals surface area contributed by atoms with Crippen molar-refractivity contribution in [3.63, 3.8) is 0 Å². The highest BCUT2D eigenvalue weighted by Crippen LogP contribution is 2.58. The number of ketones is 1. The number of aliphatic hydroxyl groups excluding tert-OH is 2. The van der Waals surface area contributed by atoms with Crippen molar-refractivity contribution < 1.29 is 19.8 Å². The van der Waals surface area contributed by atoms with Crippen molar-refractivity contribution in [2.75, 3.05) is 13.7 Å². The smallest absolute Gasteiger partial charge is 0.261 e. The molecule has 3 aliphatic rings. The van der Waals surface area contributed by atoms with E-state index in [0.29, 0.717) is 11.8 Å². The minimum atomic E-state index is -0.907. The van der Waals surface area contributed by atoms with Gasteiger partial charge in [0.05, 0.1) is 6.61 Å². The fourth-order valence-corrected chi connectivity index (χ4v) is 5.82. The van der Waals surface area contributed by atoms with Crippen LogP contribution in [0.2, 0.25) is 0 Å². The van der Waals surface area contributed by atoms with Crippen molar-refractivity contribution in [1.29, 1.82) is 0 Å². The van der Waals surface area contributed by atoms with Crippen molar-refractivity contribution in [2.45, 2.75) is 53.0 Å². The molecule has 0 aromatic rings. The maximum absolute atomic E-state index is 12.9. The number of hydrogen-bond acceptors (Lipinski definition) is 4.